The minimum atomic E-state index is -0.561. The van der Waals surface area contributed by atoms with Crippen molar-refractivity contribution in [2.24, 2.45) is 11.8 Å². The molecule has 3 aliphatic rings. The summed E-state index contributed by atoms with van der Waals surface area (Å²) in [6.07, 6.45) is 5.93. The Balaban J connectivity index is 1.77. The number of terminal acetylenes is 1. The average Bonchev–Trinajstić information content (AvgIpc) is 2.89. The summed E-state index contributed by atoms with van der Waals surface area (Å²) in [5, 5.41) is 0. The van der Waals surface area contributed by atoms with Gasteiger partial charge < -0.3 is 18.9 Å². The van der Waals surface area contributed by atoms with E-state index < -0.39 is 5.79 Å². The molecule has 1 aliphatic carbocycles. The quantitative estimate of drug-likeness (QED) is 0.676. The molecule has 2 aliphatic heterocycles. The summed E-state index contributed by atoms with van der Waals surface area (Å²) in [4.78, 5) is 0. The van der Waals surface area contributed by atoms with Crippen LogP contribution < -0.4 is 0 Å². The second-order valence-electron chi connectivity index (χ2n) is 5.44. The molecule has 0 radical (unpaired) electrons. The molecule has 0 aromatic rings. The lowest BCUT2D eigenvalue weighted by Gasteiger charge is -2.23. The van der Waals surface area contributed by atoms with Gasteiger partial charge in [-0.3, -0.25) is 0 Å². The molecule has 0 amide bonds. The minimum absolute atomic E-state index is 0.00720. The third kappa shape index (κ3) is 1.78. The summed E-state index contributed by atoms with van der Waals surface area (Å²) in [5.41, 5.74) is 0. The fraction of sp³-hybridized carbons (Fsp3) is 0.846. The van der Waals surface area contributed by atoms with Crippen LogP contribution in [0.5, 0.6) is 0 Å². The predicted octanol–water partition coefficient (Wildman–Crippen LogP) is 1.15. The summed E-state index contributed by atoms with van der Waals surface area (Å²) in [6, 6.07) is 0. The Bertz CT molecular complexity index is 359. The Kier molecular flexibility index (Phi) is 2.50. The van der Waals surface area contributed by atoms with Crippen LogP contribution in [-0.4, -0.2) is 37.5 Å². The van der Waals surface area contributed by atoms with Crippen molar-refractivity contribution in [3.8, 4) is 12.3 Å². The largest absolute Gasteiger partial charge is 0.353 e. The first-order valence-corrected chi connectivity index (χ1v) is 6.06. The van der Waals surface area contributed by atoms with Gasteiger partial charge in [-0.1, -0.05) is 0 Å². The first kappa shape index (κ1) is 11.5. The number of hydrogen-bond acceptors (Lipinski definition) is 4. The summed E-state index contributed by atoms with van der Waals surface area (Å²) in [5.74, 6) is 2.94. The zero-order valence-corrected chi connectivity index (χ0v) is 10.4. The van der Waals surface area contributed by atoms with E-state index >= 15 is 0 Å². The van der Waals surface area contributed by atoms with Crippen molar-refractivity contribution >= 4 is 0 Å². The Morgan fingerprint density at radius 1 is 1.24 bits per heavy atom. The summed E-state index contributed by atoms with van der Waals surface area (Å²) < 4.78 is 22.9. The molecule has 6 atom stereocenters. The van der Waals surface area contributed by atoms with Gasteiger partial charge in [0, 0.05) is 18.9 Å². The van der Waals surface area contributed by atoms with Crippen molar-refractivity contribution in [2.45, 2.75) is 50.7 Å². The van der Waals surface area contributed by atoms with Crippen molar-refractivity contribution in [1.29, 1.82) is 0 Å². The molecule has 0 N–H and O–H groups in total. The first-order chi connectivity index (χ1) is 8.05. The standard InChI is InChI=1S/C13H18O4/c1-5-7-6-8(7)9-10-11(12(14-4)15-9)17-13(2,3)16-10/h1,7-12H,6H2,2-4H3/t7-,8-,9-,10-,11-,12-/m1/s1. The molecule has 3 rings (SSSR count). The topological polar surface area (TPSA) is 36.9 Å². The maximum absolute atomic E-state index is 5.92. The molecule has 0 spiro atoms. The molecule has 4 nitrogen and oxygen atoms in total. The molecular formula is C13H18O4. The molecule has 1 saturated carbocycles. The molecule has 0 aromatic carbocycles. The van der Waals surface area contributed by atoms with E-state index in [-0.39, 0.29) is 24.6 Å². The fourth-order valence-corrected chi connectivity index (χ4v) is 2.90. The lowest BCUT2D eigenvalue weighted by Crippen LogP contribution is -2.31. The molecule has 3 fully saturated rings. The molecule has 2 saturated heterocycles. The van der Waals surface area contributed by atoms with E-state index in [9.17, 15) is 0 Å². The van der Waals surface area contributed by atoms with Crippen LogP contribution in [0.15, 0.2) is 0 Å². The SMILES string of the molecule is C#C[C@@H]1C[C@H]1[C@H]1O[C@@H](OC)[C@@H]2OC(C)(C)O[C@H]12. The van der Waals surface area contributed by atoms with E-state index in [1.807, 2.05) is 13.8 Å². The van der Waals surface area contributed by atoms with Crippen molar-refractivity contribution in [3.63, 3.8) is 0 Å². The van der Waals surface area contributed by atoms with Gasteiger partial charge in [0.05, 0.1) is 6.10 Å². The molecule has 94 valence electrons. The highest BCUT2D eigenvalue weighted by Crippen LogP contribution is 2.50. The number of methoxy groups -OCH3 is 1. The molecule has 0 aromatic heterocycles. The second kappa shape index (κ2) is 3.69. The Labute approximate surface area is 102 Å². The number of hydrogen-bond donors (Lipinski definition) is 0. The van der Waals surface area contributed by atoms with E-state index in [0.717, 1.165) is 6.42 Å². The van der Waals surface area contributed by atoms with Gasteiger partial charge in [-0.25, -0.2) is 0 Å². The Morgan fingerprint density at radius 2 is 1.94 bits per heavy atom. The minimum Gasteiger partial charge on any atom is -0.353 e. The molecule has 2 heterocycles. The molecule has 4 heteroatoms. The third-order valence-electron chi connectivity index (χ3n) is 3.76. The Morgan fingerprint density at radius 3 is 2.53 bits per heavy atom. The number of ether oxygens (including phenoxy) is 4. The predicted molar refractivity (Wildman–Crippen MR) is 59.9 cm³/mol. The lowest BCUT2D eigenvalue weighted by molar-refractivity contribution is -0.229. The van der Waals surface area contributed by atoms with Gasteiger partial charge in [-0.05, 0) is 20.3 Å². The van der Waals surface area contributed by atoms with Crippen LogP contribution >= 0.6 is 0 Å². The Hall–Kier alpha value is -0.600. The van der Waals surface area contributed by atoms with Gasteiger partial charge in [0.2, 0.25) is 0 Å². The van der Waals surface area contributed by atoms with E-state index in [1.54, 1.807) is 7.11 Å². The highest BCUT2D eigenvalue weighted by atomic mass is 16.8. The van der Waals surface area contributed by atoms with Crippen LogP contribution in [0.2, 0.25) is 0 Å². The maximum atomic E-state index is 5.92. The van der Waals surface area contributed by atoms with E-state index in [1.165, 1.54) is 0 Å². The lowest BCUT2D eigenvalue weighted by atomic mass is 10.1. The molecule has 0 bridgehead atoms. The van der Waals surface area contributed by atoms with Gasteiger partial charge in [0.1, 0.15) is 12.2 Å². The van der Waals surface area contributed by atoms with Crippen LogP contribution in [0.25, 0.3) is 0 Å². The van der Waals surface area contributed by atoms with Crippen LogP contribution in [0.1, 0.15) is 20.3 Å². The van der Waals surface area contributed by atoms with E-state index in [4.69, 9.17) is 25.4 Å². The zero-order chi connectivity index (χ0) is 12.2. The smallest absolute Gasteiger partial charge is 0.186 e. The maximum Gasteiger partial charge on any atom is 0.186 e. The van der Waals surface area contributed by atoms with Gasteiger partial charge in [0.15, 0.2) is 12.1 Å². The molecule has 17 heavy (non-hydrogen) atoms. The highest BCUT2D eigenvalue weighted by molar-refractivity contribution is 5.13. The normalized spacial score (nSPS) is 50.9. The van der Waals surface area contributed by atoms with Crippen molar-refractivity contribution in [3.05, 3.63) is 0 Å². The number of fused-ring (bicyclic) bond motifs is 1. The summed E-state index contributed by atoms with van der Waals surface area (Å²) in [6.45, 7) is 3.83. The van der Waals surface area contributed by atoms with Crippen LogP contribution in [0.4, 0.5) is 0 Å². The van der Waals surface area contributed by atoms with Gasteiger partial charge >= 0.3 is 0 Å². The fourth-order valence-electron chi connectivity index (χ4n) is 2.90. The van der Waals surface area contributed by atoms with Crippen LogP contribution in [0.3, 0.4) is 0 Å². The van der Waals surface area contributed by atoms with Crippen molar-refractivity contribution in [2.75, 3.05) is 7.11 Å². The monoisotopic (exact) mass is 238 g/mol. The highest BCUT2D eigenvalue weighted by Gasteiger charge is 2.61. The van der Waals surface area contributed by atoms with Crippen LogP contribution in [-0.2, 0) is 18.9 Å². The molecular weight excluding hydrogens is 220 g/mol. The average molecular weight is 238 g/mol. The molecule has 0 unspecified atom stereocenters. The second-order valence-corrected chi connectivity index (χ2v) is 5.44. The van der Waals surface area contributed by atoms with Crippen LogP contribution in [0, 0.1) is 24.2 Å². The third-order valence-corrected chi connectivity index (χ3v) is 3.76. The summed E-state index contributed by atoms with van der Waals surface area (Å²) in [7, 11) is 1.63. The zero-order valence-electron chi connectivity index (χ0n) is 10.4. The summed E-state index contributed by atoms with van der Waals surface area (Å²) >= 11 is 0. The van der Waals surface area contributed by atoms with Gasteiger partial charge in [-0.2, -0.15) is 0 Å². The first-order valence-electron chi connectivity index (χ1n) is 6.06. The van der Waals surface area contributed by atoms with E-state index in [0.29, 0.717) is 11.8 Å². The van der Waals surface area contributed by atoms with Gasteiger partial charge in [-0.15, -0.1) is 12.3 Å². The van der Waals surface area contributed by atoms with Crippen molar-refractivity contribution < 1.29 is 18.9 Å². The number of rotatable bonds is 2. The van der Waals surface area contributed by atoms with Gasteiger partial charge in [0.25, 0.3) is 0 Å². The van der Waals surface area contributed by atoms with Crippen molar-refractivity contribution in [1.82, 2.24) is 0 Å². The van der Waals surface area contributed by atoms with E-state index in [2.05, 4.69) is 5.92 Å².